The average Bonchev–Trinajstić information content (AvgIpc) is 3.36. The van der Waals surface area contributed by atoms with Crippen LogP contribution in [0.2, 0.25) is 0 Å². The van der Waals surface area contributed by atoms with Crippen molar-refractivity contribution in [3.05, 3.63) is 30.1 Å². The number of pyridine rings is 1. The lowest BCUT2D eigenvalue weighted by atomic mass is 9.86. The number of likely N-dealkylation sites (tertiary alicyclic amines) is 1. The molecular weight excluding hydrogens is 576 g/mol. The standard InChI is InChI=1S/C34H52N4O7/c1-3-4-19-45-34(42)24-9-11-26(12-10-24)37-30(39)8-6-20-43-27-13-15-28(16-14-27)44-21-18-36-33(41)29-22-31(40)38(2)32(29)25-7-5-17-35-23-25/h5,7,17,23-24,26-29,32H,3-4,6,8-16,18-22H2,1-2H3,(H,36,41)(H,37,39)/t24?,26?,27?,28?,29-,32+/m0/s1. The molecule has 2 N–H and O–H groups in total. The molecule has 11 nitrogen and oxygen atoms in total. The van der Waals surface area contributed by atoms with E-state index in [1.165, 1.54) is 0 Å². The van der Waals surface area contributed by atoms with Crippen molar-refractivity contribution in [3.8, 4) is 0 Å². The summed E-state index contributed by atoms with van der Waals surface area (Å²) in [5, 5.41) is 6.08. The molecule has 45 heavy (non-hydrogen) atoms. The van der Waals surface area contributed by atoms with Crippen molar-refractivity contribution in [2.24, 2.45) is 11.8 Å². The van der Waals surface area contributed by atoms with Crippen LogP contribution in [0.25, 0.3) is 0 Å². The molecule has 0 bridgehead atoms. The van der Waals surface area contributed by atoms with Gasteiger partial charge in [-0.15, -0.1) is 0 Å². The Balaban J connectivity index is 1.01. The number of hydrogen-bond donors (Lipinski definition) is 2. The topological polar surface area (TPSA) is 136 Å². The summed E-state index contributed by atoms with van der Waals surface area (Å²) in [4.78, 5) is 55.6. The summed E-state index contributed by atoms with van der Waals surface area (Å²) in [5.74, 6) is -0.693. The molecule has 0 aromatic carbocycles. The number of esters is 1. The highest BCUT2D eigenvalue weighted by atomic mass is 16.5. The minimum Gasteiger partial charge on any atom is -0.465 e. The SMILES string of the molecule is CCCCOC(=O)C1CCC(NC(=O)CCCOC2CCC(OCCNC(=O)[C@H]3CC(=O)N(C)[C@@H]3c3cccnc3)CC2)CC1. The van der Waals surface area contributed by atoms with Gasteiger partial charge in [-0.2, -0.15) is 0 Å². The Hall–Kier alpha value is -3.05. The number of amides is 3. The molecular formula is C34H52N4O7. The molecule has 0 unspecified atom stereocenters. The second-order valence-corrected chi connectivity index (χ2v) is 12.7. The van der Waals surface area contributed by atoms with E-state index in [4.69, 9.17) is 14.2 Å². The van der Waals surface area contributed by atoms with E-state index in [1.807, 2.05) is 12.1 Å². The number of hydrogen-bond acceptors (Lipinski definition) is 8. The molecule has 2 heterocycles. The number of rotatable bonds is 16. The molecule has 250 valence electrons. The number of nitrogens with one attached hydrogen (secondary N) is 2. The van der Waals surface area contributed by atoms with Crippen LogP contribution in [-0.4, -0.2) is 85.2 Å². The minimum atomic E-state index is -0.447. The Morgan fingerprint density at radius 3 is 2.33 bits per heavy atom. The molecule has 4 rings (SSSR count). The zero-order chi connectivity index (χ0) is 32.0. The van der Waals surface area contributed by atoms with Crippen LogP contribution in [-0.2, 0) is 33.4 Å². The highest BCUT2D eigenvalue weighted by Crippen LogP contribution is 2.36. The fourth-order valence-corrected chi connectivity index (χ4v) is 6.70. The highest BCUT2D eigenvalue weighted by molar-refractivity contribution is 5.90. The number of carbonyl (C=O) groups excluding carboxylic acids is 4. The van der Waals surface area contributed by atoms with E-state index in [2.05, 4.69) is 22.5 Å². The van der Waals surface area contributed by atoms with Crippen LogP contribution in [0.1, 0.15) is 102 Å². The first-order valence-electron chi connectivity index (χ1n) is 17.0. The van der Waals surface area contributed by atoms with Crippen LogP contribution >= 0.6 is 0 Å². The van der Waals surface area contributed by atoms with E-state index >= 15 is 0 Å². The smallest absolute Gasteiger partial charge is 0.308 e. The Bertz CT molecular complexity index is 1090. The molecule has 0 spiro atoms. The van der Waals surface area contributed by atoms with Gasteiger partial charge < -0.3 is 29.7 Å². The van der Waals surface area contributed by atoms with Crippen LogP contribution < -0.4 is 10.6 Å². The zero-order valence-electron chi connectivity index (χ0n) is 27.0. The van der Waals surface area contributed by atoms with Crippen molar-refractivity contribution in [2.45, 2.75) is 115 Å². The lowest BCUT2D eigenvalue weighted by Gasteiger charge is -2.29. The minimum absolute atomic E-state index is 0.0339. The van der Waals surface area contributed by atoms with Crippen LogP contribution in [0.4, 0.5) is 0 Å². The van der Waals surface area contributed by atoms with E-state index in [9.17, 15) is 19.2 Å². The first-order chi connectivity index (χ1) is 21.9. The Kier molecular flexibility index (Phi) is 14.1. The van der Waals surface area contributed by atoms with Crippen molar-refractivity contribution in [1.29, 1.82) is 0 Å². The van der Waals surface area contributed by atoms with Crippen molar-refractivity contribution >= 4 is 23.7 Å². The van der Waals surface area contributed by atoms with E-state index in [-0.39, 0.29) is 60.3 Å². The molecule has 3 amide bonds. The van der Waals surface area contributed by atoms with Gasteiger partial charge in [-0.25, -0.2) is 0 Å². The second kappa shape index (κ2) is 18.2. The number of ether oxygens (including phenoxy) is 3. The third-order valence-electron chi connectivity index (χ3n) is 9.39. The maximum Gasteiger partial charge on any atom is 0.308 e. The summed E-state index contributed by atoms with van der Waals surface area (Å²) < 4.78 is 17.4. The van der Waals surface area contributed by atoms with E-state index in [0.717, 1.165) is 69.8 Å². The lowest BCUT2D eigenvalue weighted by Crippen LogP contribution is -2.39. The summed E-state index contributed by atoms with van der Waals surface area (Å²) in [5.41, 5.74) is 0.862. The zero-order valence-corrected chi connectivity index (χ0v) is 27.0. The van der Waals surface area contributed by atoms with Crippen molar-refractivity contribution in [2.75, 3.05) is 33.4 Å². The maximum absolute atomic E-state index is 12.9. The molecule has 1 aromatic rings. The van der Waals surface area contributed by atoms with Crippen molar-refractivity contribution < 1.29 is 33.4 Å². The molecule has 2 saturated carbocycles. The fraction of sp³-hybridized carbons (Fsp3) is 0.735. The first-order valence-corrected chi connectivity index (χ1v) is 17.0. The molecule has 11 heteroatoms. The predicted molar refractivity (Wildman–Crippen MR) is 168 cm³/mol. The van der Waals surface area contributed by atoms with Gasteiger partial charge in [0.1, 0.15) is 0 Å². The second-order valence-electron chi connectivity index (χ2n) is 12.7. The van der Waals surface area contributed by atoms with Gasteiger partial charge in [0.25, 0.3) is 0 Å². The summed E-state index contributed by atoms with van der Waals surface area (Å²) in [6.45, 7) is 3.97. The molecule has 3 aliphatic rings. The van der Waals surface area contributed by atoms with Gasteiger partial charge >= 0.3 is 5.97 Å². The van der Waals surface area contributed by atoms with Gasteiger partial charge in [-0.1, -0.05) is 19.4 Å². The third-order valence-corrected chi connectivity index (χ3v) is 9.39. The molecule has 1 aliphatic heterocycles. The highest BCUT2D eigenvalue weighted by Gasteiger charge is 2.42. The molecule has 1 saturated heterocycles. The number of aromatic nitrogens is 1. The van der Waals surface area contributed by atoms with E-state index < -0.39 is 5.92 Å². The van der Waals surface area contributed by atoms with Gasteiger partial charge in [0.05, 0.1) is 43.3 Å². The fourth-order valence-electron chi connectivity index (χ4n) is 6.70. The summed E-state index contributed by atoms with van der Waals surface area (Å²) in [6, 6.07) is 3.55. The Labute approximate surface area is 267 Å². The quantitative estimate of drug-likeness (QED) is 0.208. The van der Waals surface area contributed by atoms with Crippen LogP contribution in [0.15, 0.2) is 24.5 Å². The summed E-state index contributed by atoms with van der Waals surface area (Å²) >= 11 is 0. The van der Waals surface area contributed by atoms with Gasteiger partial charge in [0, 0.05) is 51.5 Å². The first kappa shape index (κ1) is 34.8. The molecule has 2 atom stereocenters. The van der Waals surface area contributed by atoms with Crippen LogP contribution in [0.3, 0.4) is 0 Å². The molecule has 3 fully saturated rings. The van der Waals surface area contributed by atoms with Gasteiger partial charge in [0.2, 0.25) is 17.7 Å². The Morgan fingerprint density at radius 2 is 1.67 bits per heavy atom. The van der Waals surface area contributed by atoms with Gasteiger partial charge in [0.15, 0.2) is 0 Å². The maximum atomic E-state index is 12.9. The number of carbonyl (C=O) groups is 4. The largest absolute Gasteiger partial charge is 0.465 e. The van der Waals surface area contributed by atoms with Crippen LogP contribution in [0.5, 0.6) is 0 Å². The molecule has 0 radical (unpaired) electrons. The number of nitrogens with zero attached hydrogens (tertiary/aromatic N) is 2. The van der Waals surface area contributed by atoms with Crippen LogP contribution in [0, 0.1) is 11.8 Å². The van der Waals surface area contributed by atoms with E-state index in [0.29, 0.717) is 39.2 Å². The molecule has 1 aromatic heterocycles. The normalized spacial score (nSPS) is 26.8. The predicted octanol–water partition coefficient (Wildman–Crippen LogP) is 3.86. The van der Waals surface area contributed by atoms with Crippen molar-refractivity contribution in [1.82, 2.24) is 20.5 Å². The van der Waals surface area contributed by atoms with Crippen molar-refractivity contribution in [3.63, 3.8) is 0 Å². The van der Waals surface area contributed by atoms with Gasteiger partial charge in [-0.3, -0.25) is 24.2 Å². The Morgan fingerprint density at radius 1 is 0.956 bits per heavy atom. The third kappa shape index (κ3) is 10.8. The molecule has 2 aliphatic carbocycles. The summed E-state index contributed by atoms with van der Waals surface area (Å²) in [6.07, 6.45) is 13.8. The summed E-state index contributed by atoms with van der Waals surface area (Å²) in [7, 11) is 1.73. The lowest BCUT2D eigenvalue weighted by molar-refractivity contribution is -0.149. The average molecular weight is 629 g/mol. The van der Waals surface area contributed by atoms with Gasteiger partial charge in [-0.05, 0) is 75.8 Å². The monoisotopic (exact) mass is 628 g/mol. The number of unbranched alkanes of at least 4 members (excludes halogenated alkanes) is 1. The van der Waals surface area contributed by atoms with E-state index in [1.54, 1.807) is 24.3 Å².